The van der Waals surface area contributed by atoms with Crippen molar-refractivity contribution in [3.05, 3.63) is 81.9 Å². The van der Waals surface area contributed by atoms with Crippen LogP contribution in [0.2, 0.25) is 5.02 Å². The standard InChI is InChI=1S/C32H25ClF4N4O5/c1-14-21(33)8-16-7-17(9-23(45-2)25(16)39-14)28(42)38-12-31(44,32(35,36)37)24-11-20-27(26(41-24)15-3-5-18(34)6-4-15)46-13-30(20)19-10-22(19)40-29(30)43/h3-9,11,19,22,44H,10,12-13H2,1-2H3,(H,38,42)(H,40,43)/t19?,22?,30-,31?/m0/s1. The van der Waals surface area contributed by atoms with Crippen LogP contribution in [0, 0.1) is 18.7 Å². The average molecular weight is 657 g/mol. The van der Waals surface area contributed by atoms with Gasteiger partial charge in [-0.15, -0.1) is 0 Å². The van der Waals surface area contributed by atoms with Gasteiger partial charge in [0, 0.05) is 34.0 Å². The van der Waals surface area contributed by atoms with E-state index in [0.717, 1.165) is 18.2 Å². The molecule has 1 saturated carbocycles. The number of aryl methyl sites for hydroxylation is 1. The second-order valence-corrected chi connectivity index (χ2v) is 12.2. The number of pyridine rings is 2. The molecule has 4 atom stereocenters. The third-order valence-electron chi connectivity index (χ3n) is 9.05. The highest BCUT2D eigenvalue weighted by molar-refractivity contribution is 6.31. The van der Waals surface area contributed by atoms with Crippen LogP contribution in [0.5, 0.6) is 11.5 Å². The van der Waals surface area contributed by atoms with E-state index in [0.29, 0.717) is 28.0 Å². The molecule has 46 heavy (non-hydrogen) atoms. The fourth-order valence-corrected chi connectivity index (χ4v) is 6.56. The van der Waals surface area contributed by atoms with E-state index >= 15 is 0 Å². The third kappa shape index (κ3) is 4.47. The Bertz CT molecular complexity index is 1960. The summed E-state index contributed by atoms with van der Waals surface area (Å²) in [7, 11) is 1.35. The number of hydrogen-bond donors (Lipinski definition) is 3. The Morgan fingerprint density at radius 2 is 1.93 bits per heavy atom. The van der Waals surface area contributed by atoms with Gasteiger partial charge in [-0.05, 0) is 61.9 Å². The first-order valence-corrected chi connectivity index (χ1v) is 14.6. The fourth-order valence-electron chi connectivity index (χ4n) is 6.40. The number of benzene rings is 2. The molecular weight excluding hydrogens is 632 g/mol. The van der Waals surface area contributed by atoms with Crippen LogP contribution in [0.15, 0.2) is 48.5 Å². The Labute approximate surface area is 263 Å². The first kappa shape index (κ1) is 30.2. The van der Waals surface area contributed by atoms with Crippen LogP contribution in [-0.2, 0) is 15.8 Å². The number of hydrogen-bond acceptors (Lipinski definition) is 7. The number of rotatable bonds is 6. The van der Waals surface area contributed by atoms with E-state index < -0.39 is 47.1 Å². The molecule has 3 unspecified atom stereocenters. The van der Waals surface area contributed by atoms with Gasteiger partial charge in [0.15, 0.2) is 0 Å². The highest BCUT2D eigenvalue weighted by atomic mass is 35.5. The molecule has 4 heterocycles. The Kier molecular flexibility index (Phi) is 6.73. The number of carbonyl (C=O) groups is 2. The SMILES string of the molecule is COc1cc(C(=O)NCC(O)(c2cc3c(c(-c4ccc(F)cc4)n2)OC[C@@]32C(=O)NC3CC32)C(F)(F)F)cc2cc(Cl)c(C)nc12. The summed E-state index contributed by atoms with van der Waals surface area (Å²) in [6, 6.07) is 10.0. The van der Waals surface area contributed by atoms with E-state index in [2.05, 4.69) is 20.6 Å². The molecule has 9 nitrogen and oxygen atoms in total. The zero-order chi connectivity index (χ0) is 32.8. The molecule has 2 amide bonds. The number of halogens is 5. The summed E-state index contributed by atoms with van der Waals surface area (Å²) in [4.78, 5) is 35.0. The number of aliphatic hydroxyl groups is 1. The molecule has 2 aromatic carbocycles. The van der Waals surface area contributed by atoms with Gasteiger partial charge in [-0.3, -0.25) is 9.59 Å². The predicted octanol–water partition coefficient (Wildman–Crippen LogP) is 4.73. The molecule has 2 aliphatic heterocycles. The second-order valence-electron chi connectivity index (χ2n) is 11.8. The van der Waals surface area contributed by atoms with Crippen LogP contribution in [0.1, 0.15) is 33.7 Å². The van der Waals surface area contributed by atoms with Crippen LogP contribution >= 0.6 is 11.6 Å². The summed E-state index contributed by atoms with van der Waals surface area (Å²) in [5.41, 5.74) is -4.76. The number of nitrogens with one attached hydrogen (secondary N) is 2. The topological polar surface area (TPSA) is 123 Å². The van der Waals surface area contributed by atoms with Crippen LogP contribution in [0.3, 0.4) is 0 Å². The Hall–Kier alpha value is -4.49. The van der Waals surface area contributed by atoms with Gasteiger partial charge in [0.25, 0.3) is 5.91 Å². The zero-order valence-corrected chi connectivity index (χ0v) is 25.0. The number of aromatic nitrogens is 2. The van der Waals surface area contributed by atoms with Crippen molar-refractivity contribution in [3.8, 4) is 22.8 Å². The Morgan fingerprint density at radius 3 is 2.59 bits per heavy atom. The molecule has 4 aromatic rings. The molecular formula is C32H25ClF4N4O5. The van der Waals surface area contributed by atoms with E-state index in [-0.39, 0.29) is 52.4 Å². The van der Waals surface area contributed by atoms with E-state index in [4.69, 9.17) is 21.1 Å². The number of methoxy groups -OCH3 is 1. The Balaban J connectivity index is 1.31. The first-order valence-electron chi connectivity index (χ1n) is 14.2. The monoisotopic (exact) mass is 656 g/mol. The molecule has 2 fully saturated rings. The van der Waals surface area contributed by atoms with Crippen molar-refractivity contribution in [2.24, 2.45) is 5.92 Å². The number of nitrogens with zero attached hydrogens (tertiary/aromatic N) is 2. The van der Waals surface area contributed by atoms with E-state index in [1.165, 1.54) is 31.4 Å². The molecule has 238 valence electrons. The summed E-state index contributed by atoms with van der Waals surface area (Å²) in [5, 5.41) is 17.2. The van der Waals surface area contributed by atoms with Gasteiger partial charge in [0.1, 0.15) is 40.5 Å². The van der Waals surface area contributed by atoms with Gasteiger partial charge in [0.05, 0.1) is 30.1 Å². The minimum atomic E-state index is -5.34. The lowest BCUT2D eigenvalue weighted by atomic mass is 9.77. The minimum absolute atomic E-state index is 0.0701. The molecule has 14 heteroatoms. The quantitative estimate of drug-likeness (QED) is 0.257. The van der Waals surface area contributed by atoms with Gasteiger partial charge in [-0.1, -0.05) is 11.6 Å². The zero-order valence-electron chi connectivity index (χ0n) is 24.3. The van der Waals surface area contributed by atoms with Crippen molar-refractivity contribution in [1.82, 2.24) is 20.6 Å². The molecule has 0 radical (unpaired) electrons. The summed E-state index contributed by atoms with van der Waals surface area (Å²) in [5.74, 6) is -1.87. The molecule has 1 saturated heterocycles. The van der Waals surface area contributed by atoms with Gasteiger partial charge in [0.2, 0.25) is 11.5 Å². The lowest BCUT2D eigenvalue weighted by Gasteiger charge is -2.31. The van der Waals surface area contributed by atoms with Crippen LogP contribution < -0.4 is 20.1 Å². The van der Waals surface area contributed by atoms with Crippen LogP contribution in [0.4, 0.5) is 17.6 Å². The minimum Gasteiger partial charge on any atom is -0.494 e. The van der Waals surface area contributed by atoms with E-state index in [1.54, 1.807) is 13.0 Å². The lowest BCUT2D eigenvalue weighted by Crippen LogP contribution is -2.52. The maximum Gasteiger partial charge on any atom is 0.424 e. The number of amides is 2. The highest BCUT2D eigenvalue weighted by Gasteiger charge is 2.68. The van der Waals surface area contributed by atoms with Crippen molar-refractivity contribution in [1.29, 1.82) is 0 Å². The number of ether oxygens (including phenoxy) is 2. The summed E-state index contributed by atoms with van der Waals surface area (Å²) >= 11 is 6.20. The molecule has 3 N–H and O–H groups in total. The van der Waals surface area contributed by atoms with E-state index in [1.807, 2.05) is 0 Å². The van der Waals surface area contributed by atoms with Crippen molar-refractivity contribution in [2.45, 2.75) is 36.6 Å². The summed E-state index contributed by atoms with van der Waals surface area (Å²) in [6.45, 7) is 0.228. The molecule has 1 aliphatic carbocycles. The highest BCUT2D eigenvalue weighted by Crippen LogP contribution is 2.59. The predicted molar refractivity (Wildman–Crippen MR) is 157 cm³/mol. The van der Waals surface area contributed by atoms with Crippen molar-refractivity contribution >= 4 is 34.3 Å². The smallest absolute Gasteiger partial charge is 0.424 e. The maximum atomic E-state index is 14.9. The van der Waals surface area contributed by atoms with Gasteiger partial charge in [-0.2, -0.15) is 13.2 Å². The van der Waals surface area contributed by atoms with Crippen molar-refractivity contribution < 1.29 is 41.7 Å². The van der Waals surface area contributed by atoms with Crippen LogP contribution in [-0.4, -0.2) is 59.4 Å². The first-order chi connectivity index (χ1) is 21.8. The van der Waals surface area contributed by atoms with Gasteiger partial charge < -0.3 is 25.2 Å². The number of fused-ring (bicyclic) bond motifs is 5. The summed E-state index contributed by atoms with van der Waals surface area (Å²) in [6.07, 6.45) is -4.72. The maximum absolute atomic E-state index is 14.9. The van der Waals surface area contributed by atoms with Crippen molar-refractivity contribution in [3.63, 3.8) is 0 Å². The van der Waals surface area contributed by atoms with E-state index in [9.17, 15) is 32.3 Å². The second kappa shape index (κ2) is 10.3. The van der Waals surface area contributed by atoms with Gasteiger partial charge in [-0.25, -0.2) is 14.4 Å². The lowest BCUT2D eigenvalue weighted by molar-refractivity contribution is -0.265. The van der Waals surface area contributed by atoms with Gasteiger partial charge >= 0.3 is 6.18 Å². The average Bonchev–Trinajstić information content (AvgIpc) is 3.59. The largest absolute Gasteiger partial charge is 0.494 e. The third-order valence-corrected chi connectivity index (χ3v) is 9.43. The molecule has 2 aromatic heterocycles. The summed E-state index contributed by atoms with van der Waals surface area (Å²) < 4.78 is 69.7. The molecule has 3 aliphatic rings. The normalized spacial score (nSPS) is 22.6. The number of carbonyl (C=O) groups excluding carboxylic acids is 2. The number of piperidine rings is 1. The van der Waals surface area contributed by atoms with Crippen molar-refractivity contribution in [2.75, 3.05) is 20.3 Å². The Morgan fingerprint density at radius 1 is 1.20 bits per heavy atom. The molecule has 0 bridgehead atoms. The van der Waals surface area contributed by atoms with Crippen LogP contribution in [0.25, 0.3) is 22.2 Å². The molecule has 7 rings (SSSR count). The molecule has 1 spiro atoms. The fraction of sp³-hybridized carbons (Fsp3) is 0.312. The number of alkyl halides is 3.